The average Bonchev–Trinajstić information content (AvgIpc) is 2.05. The molecule has 1 fully saturated rings. The van der Waals surface area contributed by atoms with Crippen LogP contribution in [-0.4, -0.2) is 17.6 Å². The van der Waals surface area contributed by atoms with E-state index in [1.165, 1.54) is 0 Å². The maximum absolute atomic E-state index is 8.81. The van der Waals surface area contributed by atoms with E-state index in [1.54, 1.807) is 0 Å². The summed E-state index contributed by atoms with van der Waals surface area (Å²) in [5, 5.41) is 8.81. The van der Waals surface area contributed by atoms with E-state index in [0.29, 0.717) is 25.4 Å². The Morgan fingerprint density at radius 2 is 2.33 bits per heavy atom. The first-order chi connectivity index (χ1) is 5.57. The molecule has 0 spiro atoms. The molecule has 1 aliphatic heterocycles. The average molecular weight is 188 g/mol. The highest BCUT2D eigenvalue weighted by molar-refractivity contribution is 6.25. The minimum absolute atomic E-state index is 0.149. The van der Waals surface area contributed by atoms with Gasteiger partial charge in [0.15, 0.2) is 0 Å². The molecule has 2 atom stereocenters. The summed E-state index contributed by atoms with van der Waals surface area (Å²) in [7, 11) is 0. The van der Waals surface area contributed by atoms with Crippen LogP contribution in [0.3, 0.4) is 0 Å². The second-order valence-corrected chi connectivity index (χ2v) is 4.41. The molecule has 0 radical (unpaired) electrons. The van der Waals surface area contributed by atoms with Gasteiger partial charge in [0.25, 0.3) is 0 Å². The second kappa shape index (κ2) is 3.64. The van der Waals surface area contributed by atoms with E-state index in [9.17, 15) is 0 Å². The lowest BCUT2D eigenvalue weighted by atomic mass is 9.90. The van der Waals surface area contributed by atoms with Gasteiger partial charge in [0, 0.05) is 19.4 Å². The van der Waals surface area contributed by atoms with Crippen molar-refractivity contribution < 1.29 is 4.74 Å². The lowest BCUT2D eigenvalue weighted by Gasteiger charge is -2.33. The number of hydrogen-bond acceptors (Lipinski definition) is 2. The lowest BCUT2D eigenvalue weighted by Crippen LogP contribution is -2.37. The van der Waals surface area contributed by atoms with Gasteiger partial charge in [-0.15, -0.1) is 11.6 Å². The fraction of sp³-hybridized carbons (Fsp3) is 0.889. The maximum Gasteiger partial charge on any atom is 0.135 e. The SMILES string of the molecule is CC(C)C1CC(Cl)(C#N)CCO1. The van der Waals surface area contributed by atoms with Crippen molar-refractivity contribution in [3.05, 3.63) is 0 Å². The summed E-state index contributed by atoms with van der Waals surface area (Å²) in [5.74, 6) is 0.441. The third-order valence-electron chi connectivity index (χ3n) is 2.30. The third kappa shape index (κ3) is 2.12. The number of nitriles is 1. The number of hydrogen-bond donors (Lipinski definition) is 0. The summed E-state index contributed by atoms with van der Waals surface area (Å²) in [6, 6.07) is 2.15. The highest BCUT2D eigenvalue weighted by atomic mass is 35.5. The van der Waals surface area contributed by atoms with Crippen molar-refractivity contribution in [2.75, 3.05) is 6.61 Å². The summed E-state index contributed by atoms with van der Waals surface area (Å²) in [6.45, 7) is 4.79. The molecular formula is C9H14ClNO. The van der Waals surface area contributed by atoms with Crippen LogP contribution in [0, 0.1) is 17.2 Å². The molecule has 0 bridgehead atoms. The van der Waals surface area contributed by atoms with Crippen molar-refractivity contribution in [3.63, 3.8) is 0 Å². The number of nitrogens with zero attached hydrogens (tertiary/aromatic N) is 1. The zero-order chi connectivity index (χ0) is 9.19. The predicted octanol–water partition coefficient (Wildman–Crippen LogP) is 2.32. The lowest BCUT2D eigenvalue weighted by molar-refractivity contribution is -0.0188. The molecule has 0 N–H and O–H groups in total. The fourth-order valence-corrected chi connectivity index (χ4v) is 1.61. The molecule has 1 saturated heterocycles. The largest absolute Gasteiger partial charge is 0.378 e. The van der Waals surface area contributed by atoms with Crippen molar-refractivity contribution in [1.82, 2.24) is 0 Å². The van der Waals surface area contributed by atoms with E-state index >= 15 is 0 Å². The van der Waals surface area contributed by atoms with Crippen LogP contribution in [0.2, 0.25) is 0 Å². The first-order valence-electron chi connectivity index (χ1n) is 4.29. The second-order valence-electron chi connectivity index (χ2n) is 3.68. The van der Waals surface area contributed by atoms with Crippen molar-refractivity contribution in [2.24, 2.45) is 5.92 Å². The van der Waals surface area contributed by atoms with E-state index in [1.807, 2.05) is 0 Å². The number of ether oxygens (including phenoxy) is 1. The van der Waals surface area contributed by atoms with Crippen molar-refractivity contribution in [1.29, 1.82) is 5.26 Å². The highest BCUT2D eigenvalue weighted by Crippen LogP contribution is 2.33. The molecule has 0 aromatic heterocycles. The van der Waals surface area contributed by atoms with Crippen molar-refractivity contribution >= 4 is 11.6 Å². The van der Waals surface area contributed by atoms with Gasteiger partial charge >= 0.3 is 0 Å². The van der Waals surface area contributed by atoms with Crippen LogP contribution in [-0.2, 0) is 4.74 Å². The normalized spacial score (nSPS) is 36.4. The van der Waals surface area contributed by atoms with E-state index in [2.05, 4.69) is 19.9 Å². The van der Waals surface area contributed by atoms with Gasteiger partial charge in [-0.2, -0.15) is 5.26 Å². The molecule has 1 aliphatic rings. The minimum Gasteiger partial charge on any atom is -0.378 e. The first kappa shape index (κ1) is 9.83. The van der Waals surface area contributed by atoms with Gasteiger partial charge in [0.05, 0.1) is 12.2 Å². The van der Waals surface area contributed by atoms with Crippen LogP contribution in [0.4, 0.5) is 0 Å². The summed E-state index contributed by atoms with van der Waals surface area (Å²) in [6.07, 6.45) is 1.45. The summed E-state index contributed by atoms with van der Waals surface area (Å²) < 4.78 is 5.50. The van der Waals surface area contributed by atoms with E-state index in [-0.39, 0.29) is 6.10 Å². The Kier molecular flexibility index (Phi) is 2.98. The molecule has 2 nitrogen and oxygen atoms in total. The standard InChI is InChI=1S/C9H14ClNO/c1-7(2)8-5-9(10,6-11)3-4-12-8/h7-8H,3-5H2,1-2H3. The van der Waals surface area contributed by atoms with Crippen LogP contribution in [0.5, 0.6) is 0 Å². The molecule has 0 aromatic carbocycles. The number of halogens is 1. The van der Waals surface area contributed by atoms with Crippen LogP contribution in [0.25, 0.3) is 0 Å². The quantitative estimate of drug-likeness (QED) is 0.591. The molecule has 0 saturated carbocycles. The van der Waals surface area contributed by atoms with Gasteiger partial charge in [-0.25, -0.2) is 0 Å². The molecule has 3 heteroatoms. The Balaban J connectivity index is 2.58. The van der Waals surface area contributed by atoms with Crippen molar-refractivity contribution in [3.8, 4) is 6.07 Å². The number of alkyl halides is 1. The molecule has 12 heavy (non-hydrogen) atoms. The van der Waals surface area contributed by atoms with Gasteiger partial charge in [-0.05, 0) is 5.92 Å². The predicted molar refractivity (Wildman–Crippen MR) is 48.0 cm³/mol. The molecule has 0 aromatic rings. The summed E-state index contributed by atoms with van der Waals surface area (Å²) in [5.41, 5.74) is 0. The van der Waals surface area contributed by atoms with Gasteiger partial charge < -0.3 is 4.74 Å². The first-order valence-corrected chi connectivity index (χ1v) is 4.67. The van der Waals surface area contributed by atoms with Gasteiger partial charge in [-0.3, -0.25) is 0 Å². The van der Waals surface area contributed by atoms with Crippen LogP contribution in [0.15, 0.2) is 0 Å². The molecule has 68 valence electrons. The summed E-state index contributed by atoms with van der Waals surface area (Å²) in [4.78, 5) is -0.673. The molecule has 1 rings (SSSR count). The Bertz CT molecular complexity index is 199. The number of rotatable bonds is 1. The van der Waals surface area contributed by atoms with E-state index in [0.717, 1.165) is 0 Å². The molecule has 2 unspecified atom stereocenters. The molecule has 0 amide bonds. The smallest absolute Gasteiger partial charge is 0.135 e. The van der Waals surface area contributed by atoms with E-state index in [4.69, 9.17) is 21.6 Å². The van der Waals surface area contributed by atoms with Gasteiger partial charge in [-0.1, -0.05) is 13.8 Å². The zero-order valence-electron chi connectivity index (χ0n) is 7.51. The Morgan fingerprint density at radius 1 is 1.67 bits per heavy atom. The summed E-state index contributed by atoms with van der Waals surface area (Å²) >= 11 is 6.06. The fourth-order valence-electron chi connectivity index (χ4n) is 1.38. The minimum atomic E-state index is -0.673. The zero-order valence-corrected chi connectivity index (χ0v) is 8.27. The molecule has 1 heterocycles. The van der Waals surface area contributed by atoms with Crippen LogP contribution >= 0.6 is 11.6 Å². The Hall–Kier alpha value is -0.260. The molecule has 0 aliphatic carbocycles. The van der Waals surface area contributed by atoms with Crippen molar-refractivity contribution in [2.45, 2.75) is 37.7 Å². The Labute approximate surface area is 78.5 Å². The van der Waals surface area contributed by atoms with Crippen LogP contribution in [0.1, 0.15) is 26.7 Å². The monoisotopic (exact) mass is 187 g/mol. The maximum atomic E-state index is 8.81. The van der Waals surface area contributed by atoms with Gasteiger partial charge in [0.1, 0.15) is 4.87 Å². The third-order valence-corrected chi connectivity index (χ3v) is 2.73. The Morgan fingerprint density at radius 3 is 2.83 bits per heavy atom. The van der Waals surface area contributed by atoms with Crippen LogP contribution < -0.4 is 0 Å². The highest BCUT2D eigenvalue weighted by Gasteiger charge is 2.36. The van der Waals surface area contributed by atoms with E-state index < -0.39 is 4.87 Å². The van der Waals surface area contributed by atoms with Gasteiger partial charge in [0.2, 0.25) is 0 Å². The molecular weight excluding hydrogens is 174 g/mol. The topological polar surface area (TPSA) is 33.0 Å².